The van der Waals surface area contributed by atoms with Gasteiger partial charge in [-0.2, -0.15) is 15.1 Å². The van der Waals surface area contributed by atoms with Gasteiger partial charge in [-0.3, -0.25) is 9.99 Å². The number of aryl methyl sites for hydroxylation is 1. The Morgan fingerprint density at radius 2 is 1.88 bits per heavy atom. The van der Waals surface area contributed by atoms with Crippen molar-refractivity contribution in [2.45, 2.75) is 6.92 Å². The molecule has 5 rings (SSSR count). The molecule has 1 fully saturated rings. The molecule has 9 nitrogen and oxygen atoms in total. The van der Waals surface area contributed by atoms with E-state index in [0.29, 0.717) is 30.5 Å². The van der Waals surface area contributed by atoms with Gasteiger partial charge in [-0.15, -0.1) is 0 Å². The van der Waals surface area contributed by atoms with Crippen LogP contribution in [0.5, 0.6) is 0 Å². The maximum atomic E-state index is 5.52. The molecule has 1 N–H and O–H groups in total. The van der Waals surface area contributed by atoms with Gasteiger partial charge in [0.2, 0.25) is 5.95 Å². The molecular weight excluding hydrogens is 428 g/mol. The molecule has 0 spiro atoms. The van der Waals surface area contributed by atoms with Gasteiger partial charge >= 0.3 is 0 Å². The summed E-state index contributed by atoms with van der Waals surface area (Å²) in [5, 5.41) is 4.44. The molecule has 4 aromatic rings. The van der Waals surface area contributed by atoms with Crippen LogP contribution in [0.15, 0.2) is 60.0 Å². The third kappa shape index (κ3) is 4.55. The van der Waals surface area contributed by atoms with Crippen molar-refractivity contribution in [2.24, 2.45) is 5.10 Å². The summed E-state index contributed by atoms with van der Waals surface area (Å²) in [5.41, 5.74) is 8.76. The minimum Gasteiger partial charge on any atom is -0.378 e. The number of imidazole rings is 1. The highest BCUT2D eigenvalue weighted by Crippen LogP contribution is 2.26. The molecule has 0 saturated carbocycles. The number of fused-ring (bicyclic) bond motifs is 1. The molecule has 2 aromatic carbocycles. The van der Waals surface area contributed by atoms with Crippen LogP contribution in [-0.4, -0.2) is 66.1 Å². The minimum absolute atomic E-state index is 0.568. The highest BCUT2D eigenvalue weighted by atomic mass is 16.5. The van der Waals surface area contributed by atoms with E-state index in [1.807, 2.05) is 42.9 Å². The summed E-state index contributed by atoms with van der Waals surface area (Å²) in [6, 6.07) is 16.4. The zero-order valence-corrected chi connectivity index (χ0v) is 19.6. The minimum atomic E-state index is 0.568. The standard InChI is InChI=1S/C25H28N8O/c1-18-6-4-7-19(14-18)16-27-30-23-22-24(29-25(28-23)32-10-12-34-13-11-32)33(17-26-22)21-9-5-8-20(15-21)31(2)3/h4-9,14-17H,10-13H2,1-3H3,(H,28,29,30)/b27-16+. The van der Waals surface area contributed by atoms with Crippen LogP contribution in [0.25, 0.3) is 16.9 Å². The fraction of sp³-hybridized carbons (Fsp3) is 0.280. The Morgan fingerprint density at radius 3 is 2.68 bits per heavy atom. The smallest absolute Gasteiger partial charge is 0.229 e. The van der Waals surface area contributed by atoms with Crippen LogP contribution >= 0.6 is 0 Å². The van der Waals surface area contributed by atoms with Gasteiger partial charge < -0.3 is 14.5 Å². The Balaban J connectivity index is 1.56. The maximum Gasteiger partial charge on any atom is 0.229 e. The molecule has 0 unspecified atom stereocenters. The topological polar surface area (TPSA) is 83.7 Å². The molecule has 0 bridgehead atoms. The number of hydrogen-bond acceptors (Lipinski definition) is 8. The second kappa shape index (κ2) is 9.48. The lowest BCUT2D eigenvalue weighted by atomic mass is 10.2. The molecule has 0 amide bonds. The molecule has 2 aromatic heterocycles. The predicted molar refractivity (Wildman–Crippen MR) is 136 cm³/mol. The van der Waals surface area contributed by atoms with Crippen LogP contribution in [0.2, 0.25) is 0 Å². The van der Waals surface area contributed by atoms with Crippen molar-refractivity contribution in [2.75, 3.05) is 55.6 Å². The van der Waals surface area contributed by atoms with Crippen LogP contribution in [0.3, 0.4) is 0 Å². The molecule has 34 heavy (non-hydrogen) atoms. The number of nitrogens with zero attached hydrogens (tertiary/aromatic N) is 7. The zero-order chi connectivity index (χ0) is 23.5. The number of morpholine rings is 1. The van der Waals surface area contributed by atoms with Crippen molar-refractivity contribution in [1.82, 2.24) is 19.5 Å². The highest BCUT2D eigenvalue weighted by molar-refractivity contribution is 5.87. The van der Waals surface area contributed by atoms with Gasteiger partial charge in [0.1, 0.15) is 6.33 Å². The Hall–Kier alpha value is -3.98. The van der Waals surface area contributed by atoms with Gasteiger partial charge in [-0.05, 0) is 30.7 Å². The summed E-state index contributed by atoms with van der Waals surface area (Å²) in [6.45, 7) is 4.84. The molecule has 0 radical (unpaired) electrons. The first kappa shape index (κ1) is 21.8. The SMILES string of the molecule is Cc1cccc(/C=N/Nc2nc(N3CCOCC3)nc3c2ncn3-c2cccc(N(C)C)c2)c1. The van der Waals surface area contributed by atoms with Crippen LogP contribution in [0, 0.1) is 6.92 Å². The van der Waals surface area contributed by atoms with Crippen LogP contribution in [0.4, 0.5) is 17.5 Å². The lowest BCUT2D eigenvalue weighted by Crippen LogP contribution is -2.37. The zero-order valence-electron chi connectivity index (χ0n) is 19.6. The molecule has 174 valence electrons. The second-order valence-electron chi connectivity index (χ2n) is 8.46. The third-order valence-corrected chi connectivity index (χ3v) is 5.73. The quantitative estimate of drug-likeness (QED) is 0.351. The van der Waals surface area contributed by atoms with Crippen molar-refractivity contribution in [3.05, 3.63) is 66.0 Å². The van der Waals surface area contributed by atoms with Gasteiger partial charge in [0.25, 0.3) is 0 Å². The first-order valence-electron chi connectivity index (χ1n) is 11.3. The van der Waals surface area contributed by atoms with Gasteiger partial charge in [0, 0.05) is 32.9 Å². The number of hydrogen-bond donors (Lipinski definition) is 1. The van der Waals surface area contributed by atoms with E-state index in [-0.39, 0.29) is 0 Å². The van der Waals surface area contributed by atoms with E-state index in [1.54, 1.807) is 12.5 Å². The summed E-state index contributed by atoms with van der Waals surface area (Å²) in [5.74, 6) is 1.20. The second-order valence-corrected chi connectivity index (χ2v) is 8.46. The molecular formula is C25H28N8O. The Morgan fingerprint density at radius 1 is 1.06 bits per heavy atom. The molecule has 0 aliphatic carbocycles. The van der Waals surface area contributed by atoms with E-state index >= 15 is 0 Å². The number of nitrogens with one attached hydrogen (secondary N) is 1. The normalized spacial score (nSPS) is 14.1. The average Bonchev–Trinajstić information content (AvgIpc) is 3.29. The number of rotatable bonds is 6. The van der Waals surface area contributed by atoms with E-state index in [9.17, 15) is 0 Å². The van der Waals surface area contributed by atoms with Crippen LogP contribution in [-0.2, 0) is 4.74 Å². The highest BCUT2D eigenvalue weighted by Gasteiger charge is 2.20. The number of ether oxygens (including phenoxy) is 1. The largest absolute Gasteiger partial charge is 0.378 e. The van der Waals surface area contributed by atoms with Crippen molar-refractivity contribution in [3.8, 4) is 5.69 Å². The summed E-state index contributed by atoms with van der Waals surface area (Å²) >= 11 is 0. The first-order valence-corrected chi connectivity index (χ1v) is 11.3. The molecule has 9 heteroatoms. The molecule has 1 aliphatic rings. The van der Waals surface area contributed by atoms with E-state index in [1.165, 1.54) is 5.56 Å². The van der Waals surface area contributed by atoms with Gasteiger partial charge in [-0.1, -0.05) is 35.9 Å². The number of hydrazone groups is 1. The lowest BCUT2D eigenvalue weighted by molar-refractivity contribution is 0.122. The number of benzene rings is 2. The molecule has 1 aliphatic heterocycles. The monoisotopic (exact) mass is 456 g/mol. The van der Waals surface area contributed by atoms with Gasteiger partial charge in [0.15, 0.2) is 17.0 Å². The van der Waals surface area contributed by atoms with Crippen molar-refractivity contribution >= 4 is 34.8 Å². The van der Waals surface area contributed by atoms with Crippen LogP contribution < -0.4 is 15.2 Å². The van der Waals surface area contributed by atoms with E-state index in [4.69, 9.17) is 14.7 Å². The number of aromatic nitrogens is 4. The van der Waals surface area contributed by atoms with E-state index in [0.717, 1.165) is 35.7 Å². The fourth-order valence-corrected chi connectivity index (χ4v) is 3.90. The first-order chi connectivity index (χ1) is 16.6. The lowest BCUT2D eigenvalue weighted by Gasteiger charge is -2.27. The van der Waals surface area contributed by atoms with Crippen LogP contribution in [0.1, 0.15) is 11.1 Å². The molecule has 1 saturated heterocycles. The average molecular weight is 457 g/mol. The number of anilines is 3. The Kier molecular flexibility index (Phi) is 6.09. The summed E-state index contributed by atoms with van der Waals surface area (Å²) in [4.78, 5) is 18.5. The predicted octanol–water partition coefficient (Wildman–Crippen LogP) is 3.47. The van der Waals surface area contributed by atoms with Gasteiger partial charge in [-0.25, -0.2) is 4.98 Å². The fourth-order valence-electron chi connectivity index (χ4n) is 3.90. The maximum absolute atomic E-state index is 5.52. The Bertz CT molecular complexity index is 1320. The van der Waals surface area contributed by atoms with Crippen molar-refractivity contribution in [3.63, 3.8) is 0 Å². The van der Waals surface area contributed by atoms with Crippen molar-refractivity contribution in [1.29, 1.82) is 0 Å². The molecule has 0 atom stereocenters. The summed E-state index contributed by atoms with van der Waals surface area (Å²) in [6.07, 6.45) is 3.57. The van der Waals surface area contributed by atoms with Crippen molar-refractivity contribution < 1.29 is 4.74 Å². The molecule has 3 heterocycles. The summed E-state index contributed by atoms with van der Waals surface area (Å²) in [7, 11) is 4.05. The third-order valence-electron chi connectivity index (χ3n) is 5.73. The van der Waals surface area contributed by atoms with E-state index < -0.39 is 0 Å². The summed E-state index contributed by atoms with van der Waals surface area (Å²) < 4.78 is 7.51. The van der Waals surface area contributed by atoms with E-state index in [2.05, 4.69) is 56.5 Å². The van der Waals surface area contributed by atoms with Gasteiger partial charge in [0.05, 0.1) is 25.1 Å². The Labute approximate surface area is 198 Å².